The fourth-order valence-corrected chi connectivity index (χ4v) is 2.25. The molecule has 1 saturated heterocycles. The Balaban J connectivity index is 2.73. The molecule has 0 aromatic rings. The monoisotopic (exact) mass is 160 g/mol. The molecule has 0 saturated carbocycles. The van der Waals surface area contributed by atoms with Gasteiger partial charge < -0.3 is 4.52 Å². The second-order valence-corrected chi connectivity index (χ2v) is 4.24. The molecule has 0 radical (unpaired) electrons. The number of terminal acetylenes is 1. The van der Waals surface area contributed by atoms with Crippen LogP contribution in [0.4, 0.5) is 0 Å². The lowest BCUT2D eigenvalue weighted by Crippen LogP contribution is -2.15. The van der Waals surface area contributed by atoms with Crippen LogP contribution in [0.1, 0.15) is 6.92 Å². The van der Waals surface area contributed by atoms with Crippen LogP contribution in [0.15, 0.2) is 0 Å². The van der Waals surface area contributed by atoms with Crippen molar-refractivity contribution < 1.29 is 13.6 Å². The third-order valence-electron chi connectivity index (χ3n) is 1.25. The summed E-state index contributed by atoms with van der Waals surface area (Å²) in [4.78, 5) is 0. The molecular formula is C6H9O3P. The fraction of sp³-hybridized carbons (Fsp3) is 0.667. The molecule has 1 rings (SSSR count). The van der Waals surface area contributed by atoms with Gasteiger partial charge in [-0.15, -0.1) is 6.42 Å². The zero-order chi connectivity index (χ0) is 7.78. The lowest BCUT2D eigenvalue weighted by atomic mass is 10.2. The molecule has 1 fully saturated rings. The van der Waals surface area contributed by atoms with E-state index in [1.165, 1.54) is 6.66 Å². The molecule has 4 heteroatoms. The molecule has 3 atom stereocenters. The molecule has 1 aliphatic heterocycles. The van der Waals surface area contributed by atoms with Gasteiger partial charge in [-0.05, 0) is 6.92 Å². The van der Waals surface area contributed by atoms with Crippen molar-refractivity contribution in [3.63, 3.8) is 0 Å². The highest BCUT2D eigenvalue weighted by atomic mass is 31.2. The van der Waals surface area contributed by atoms with E-state index in [4.69, 9.17) is 15.5 Å². The van der Waals surface area contributed by atoms with Gasteiger partial charge in [0.25, 0.3) is 0 Å². The summed E-state index contributed by atoms with van der Waals surface area (Å²) in [5, 5.41) is 0. The van der Waals surface area contributed by atoms with E-state index in [1.807, 2.05) is 0 Å². The van der Waals surface area contributed by atoms with Crippen molar-refractivity contribution >= 4 is 7.60 Å². The summed E-state index contributed by atoms with van der Waals surface area (Å²) < 4.78 is 20.9. The summed E-state index contributed by atoms with van der Waals surface area (Å²) >= 11 is 0. The van der Waals surface area contributed by atoms with E-state index in [9.17, 15) is 4.57 Å². The van der Waals surface area contributed by atoms with Crippen LogP contribution in [-0.2, 0) is 13.6 Å². The molecule has 0 amide bonds. The first-order valence-electron chi connectivity index (χ1n) is 2.95. The Hall–Kier alpha value is -0.290. The maximum absolute atomic E-state index is 11.1. The molecule has 1 heterocycles. The minimum Gasteiger partial charge on any atom is -0.302 e. The average molecular weight is 160 g/mol. The maximum atomic E-state index is 11.1. The molecule has 3 nitrogen and oxygen atoms in total. The van der Waals surface area contributed by atoms with Gasteiger partial charge in [-0.2, -0.15) is 0 Å². The van der Waals surface area contributed by atoms with Gasteiger partial charge in [-0.25, -0.2) is 0 Å². The van der Waals surface area contributed by atoms with Crippen LogP contribution in [0.2, 0.25) is 0 Å². The molecule has 0 spiro atoms. The van der Waals surface area contributed by atoms with E-state index in [1.54, 1.807) is 6.92 Å². The van der Waals surface area contributed by atoms with Gasteiger partial charge in [0.05, 0.1) is 0 Å². The second kappa shape index (κ2) is 2.39. The van der Waals surface area contributed by atoms with E-state index in [0.717, 1.165) is 0 Å². The summed E-state index contributed by atoms with van der Waals surface area (Å²) in [5.74, 6) is 2.35. The van der Waals surface area contributed by atoms with Crippen LogP contribution in [0.3, 0.4) is 0 Å². The highest BCUT2D eigenvalue weighted by molar-refractivity contribution is 7.53. The van der Waals surface area contributed by atoms with Gasteiger partial charge in [0.15, 0.2) is 6.10 Å². The van der Waals surface area contributed by atoms with Gasteiger partial charge in [0, 0.05) is 6.66 Å². The quantitative estimate of drug-likeness (QED) is 0.395. The summed E-state index contributed by atoms with van der Waals surface area (Å²) in [6.45, 7) is 3.16. The standard InChI is InChI=1S/C6H9O3P/c1-4-6-5(2)8-10(3,7)9-6/h1,5-6H,2-3H3. The molecule has 56 valence electrons. The number of hydrogen-bond acceptors (Lipinski definition) is 3. The van der Waals surface area contributed by atoms with Crippen molar-refractivity contribution in [2.45, 2.75) is 19.1 Å². The second-order valence-electron chi connectivity index (χ2n) is 2.27. The third-order valence-corrected chi connectivity index (χ3v) is 2.58. The topological polar surface area (TPSA) is 35.5 Å². The molecule has 0 aliphatic carbocycles. The van der Waals surface area contributed by atoms with Crippen molar-refractivity contribution in [2.75, 3.05) is 6.66 Å². The van der Waals surface area contributed by atoms with Crippen molar-refractivity contribution in [1.29, 1.82) is 0 Å². The lowest BCUT2D eigenvalue weighted by molar-refractivity contribution is 0.217. The Kier molecular flexibility index (Phi) is 1.87. The maximum Gasteiger partial charge on any atom is 0.329 e. The van der Waals surface area contributed by atoms with Crippen LogP contribution in [0, 0.1) is 12.3 Å². The zero-order valence-electron chi connectivity index (χ0n) is 5.90. The molecule has 10 heavy (non-hydrogen) atoms. The molecule has 1 aliphatic rings. The third kappa shape index (κ3) is 1.41. The molecule has 0 bridgehead atoms. The normalized spacial score (nSPS) is 46.9. The zero-order valence-corrected chi connectivity index (χ0v) is 6.80. The summed E-state index contributed by atoms with van der Waals surface area (Å²) in [7, 11) is -2.81. The Morgan fingerprint density at radius 1 is 1.60 bits per heavy atom. The van der Waals surface area contributed by atoms with Gasteiger partial charge in [-0.1, -0.05) is 5.92 Å². The van der Waals surface area contributed by atoms with Gasteiger partial charge in [0.1, 0.15) is 6.10 Å². The van der Waals surface area contributed by atoms with Gasteiger partial charge >= 0.3 is 7.60 Å². The van der Waals surface area contributed by atoms with Gasteiger partial charge in [-0.3, -0.25) is 9.09 Å². The Morgan fingerprint density at radius 2 is 2.20 bits per heavy atom. The highest BCUT2D eigenvalue weighted by Gasteiger charge is 2.37. The molecular weight excluding hydrogens is 151 g/mol. The fourth-order valence-electron chi connectivity index (χ4n) is 0.840. The number of rotatable bonds is 0. The van der Waals surface area contributed by atoms with Crippen LogP contribution in [0.5, 0.6) is 0 Å². The van der Waals surface area contributed by atoms with Crippen molar-refractivity contribution in [3.05, 3.63) is 0 Å². The molecule has 3 unspecified atom stereocenters. The van der Waals surface area contributed by atoms with Crippen molar-refractivity contribution in [2.24, 2.45) is 0 Å². The molecule has 0 N–H and O–H groups in total. The van der Waals surface area contributed by atoms with E-state index in [0.29, 0.717) is 0 Å². The van der Waals surface area contributed by atoms with Crippen LogP contribution >= 0.6 is 7.60 Å². The van der Waals surface area contributed by atoms with Crippen molar-refractivity contribution in [1.82, 2.24) is 0 Å². The minimum atomic E-state index is -2.81. The first-order valence-corrected chi connectivity index (χ1v) is 4.94. The molecule has 0 aromatic heterocycles. The average Bonchev–Trinajstić information content (AvgIpc) is 2.05. The van der Waals surface area contributed by atoms with E-state index in [-0.39, 0.29) is 6.10 Å². The predicted octanol–water partition coefficient (Wildman–Crippen LogP) is 1.25. The van der Waals surface area contributed by atoms with Crippen LogP contribution < -0.4 is 0 Å². The predicted molar refractivity (Wildman–Crippen MR) is 37.8 cm³/mol. The first kappa shape index (κ1) is 7.81. The minimum absolute atomic E-state index is 0.249. The summed E-state index contributed by atoms with van der Waals surface area (Å²) in [6.07, 6.45) is 4.37. The van der Waals surface area contributed by atoms with Gasteiger partial charge in [0.2, 0.25) is 0 Å². The summed E-state index contributed by atoms with van der Waals surface area (Å²) in [6, 6.07) is 0. The van der Waals surface area contributed by atoms with Crippen LogP contribution in [0.25, 0.3) is 0 Å². The SMILES string of the molecule is C#CC1OP(C)(=O)OC1C. The van der Waals surface area contributed by atoms with Crippen LogP contribution in [-0.4, -0.2) is 18.9 Å². The summed E-state index contributed by atoms with van der Waals surface area (Å²) in [5.41, 5.74) is 0. The first-order chi connectivity index (χ1) is 4.55. The Bertz CT molecular complexity index is 218. The van der Waals surface area contributed by atoms with E-state index in [2.05, 4.69) is 5.92 Å². The smallest absolute Gasteiger partial charge is 0.302 e. The number of hydrogen-bond donors (Lipinski definition) is 0. The lowest BCUT2D eigenvalue weighted by Gasteiger charge is -2.00. The largest absolute Gasteiger partial charge is 0.329 e. The van der Waals surface area contributed by atoms with Crippen molar-refractivity contribution in [3.8, 4) is 12.3 Å². The Labute approximate surface area is 60.2 Å². The Morgan fingerprint density at radius 3 is 2.40 bits per heavy atom. The molecule has 0 aromatic carbocycles. The van der Waals surface area contributed by atoms with E-state index >= 15 is 0 Å². The van der Waals surface area contributed by atoms with E-state index < -0.39 is 13.7 Å². The highest BCUT2D eigenvalue weighted by Crippen LogP contribution is 2.52.